The molecule has 0 bridgehead atoms. The average Bonchev–Trinajstić information content (AvgIpc) is 2.70. The van der Waals surface area contributed by atoms with Gasteiger partial charge in [0.05, 0.1) is 17.2 Å². The molecule has 0 radical (unpaired) electrons. The Labute approximate surface area is 168 Å². The van der Waals surface area contributed by atoms with Gasteiger partial charge in [0.15, 0.2) is 5.75 Å². The van der Waals surface area contributed by atoms with Gasteiger partial charge >= 0.3 is 0 Å². The molecule has 7 heteroatoms. The minimum atomic E-state index is -0.327. The number of hydrogen-bond donors (Lipinski definition) is 1. The van der Waals surface area contributed by atoms with Crippen LogP contribution < -0.4 is 10.1 Å². The van der Waals surface area contributed by atoms with E-state index in [0.717, 1.165) is 0 Å². The molecule has 0 unspecified atom stereocenters. The van der Waals surface area contributed by atoms with E-state index in [9.17, 15) is 9.59 Å². The maximum Gasteiger partial charge on any atom is 0.256 e. The predicted octanol–water partition coefficient (Wildman–Crippen LogP) is 4.04. The van der Waals surface area contributed by atoms with Crippen molar-refractivity contribution in [3.63, 3.8) is 0 Å². The number of rotatable bonds is 4. The Morgan fingerprint density at radius 2 is 1.67 bits per heavy atom. The number of nitrogens with one attached hydrogen (secondary N) is 1. The Hall–Kier alpha value is -2.24. The van der Waals surface area contributed by atoms with E-state index in [4.69, 9.17) is 27.9 Å². The molecule has 1 N–H and O–H groups in total. The molecular formula is C20H20Cl2N2O3. The van der Waals surface area contributed by atoms with E-state index in [2.05, 4.69) is 5.32 Å². The number of nitrogens with zero attached hydrogens (tertiary/aromatic N) is 1. The van der Waals surface area contributed by atoms with Crippen LogP contribution in [0, 0.1) is 0 Å². The molecule has 0 aliphatic carbocycles. The van der Waals surface area contributed by atoms with E-state index in [0.29, 0.717) is 36.5 Å². The van der Waals surface area contributed by atoms with Crippen LogP contribution >= 0.6 is 23.2 Å². The molecule has 0 atom stereocenters. The first-order valence-electron chi connectivity index (χ1n) is 8.68. The molecule has 0 aromatic heterocycles. The van der Waals surface area contributed by atoms with Crippen molar-refractivity contribution in [1.82, 2.24) is 10.2 Å². The smallest absolute Gasteiger partial charge is 0.256 e. The molecular weight excluding hydrogens is 387 g/mol. The van der Waals surface area contributed by atoms with Gasteiger partial charge in [-0.3, -0.25) is 9.59 Å². The lowest BCUT2D eigenvalue weighted by molar-refractivity contribution is 0.0698. The summed E-state index contributed by atoms with van der Waals surface area (Å²) in [6.07, 6.45) is 1.34. The third-order valence-electron chi connectivity index (χ3n) is 4.63. The van der Waals surface area contributed by atoms with E-state index < -0.39 is 0 Å². The number of piperidine rings is 1. The van der Waals surface area contributed by atoms with Crippen LogP contribution in [0.2, 0.25) is 10.0 Å². The van der Waals surface area contributed by atoms with E-state index in [1.54, 1.807) is 12.1 Å². The van der Waals surface area contributed by atoms with E-state index in [1.807, 2.05) is 35.2 Å². The lowest BCUT2D eigenvalue weighted by Gasteiger charge is -2.32. The van der Waals surface area contributed by atoms with E-state index in [1.165, 1.54) is 7.11 Å². The molecule has 1 aliphatic heterocycles. The Bertz CT molecular complexity index is 835. The number of benzene rings is 2. The summed E-state index contributed by atoms with van der Waals surface area (Å²) in [4.78, 5) is 27.0. The Balaban J connectivity index is 1.62. The largest absolute Gasteiger partial charge is 0.494 e. The van der Waals surface area contributed by atoms with Gasteiger partial charge in [-0.1, -0.05) is 41.4 Å². The van der Waals surface area contributed by atoms with Gasteiger partial charge in [0, 0.05) is 24.7 Å². The highest BCUT2D eigenvalue weighted by Crippen LogP contribution is 2.34. The minimum Gasteiger partial charge on any atom is -0.494 e. The van der Waals surface area contributed by atoms with Gasteiger partial charge in [-0.25, -0.2) is 0 Å². The fraction of sp³-hybridized carbons (Fsp3) is 0.300. The molecule has 3 rings (SSSR count). The zero-order valence-corrected chi connectivity index (χ0v) is 16.4. The summed E-state index contributed by atoms with van der Waals surface area (Å²) >= 11 is 12.3. The molecule has 142 valence electrons. The minimum absolute atomic E-state index is 0.0138. The van der Waals surface area contributed by atoms with Crippen LogP contribution in [-0.4, -0.2) is 43.0 Å². The lowest BCUT2D eigenvalue weighted by atomic mass is 10.0. The van der Waals surface area contributed by atoms with Crippen molar-refractivity contribution >= 4 is 35.0 Å². The molecule has 27 heavy (non-hydrogen) atoms. The number of hydrogen-bond acceptors (Lipinski definition) is 3. The highest BCUT2D eigenvalue weighted by Gasteiger charge is 2.27. The molecule has 1 heterocycles. The molecule has 1 aliphatic rings. The van der Waals surface area contributed by atoms with Gasteiger partial charge < -0.3 is 15.0 Å². The van der Waals surface area contributed by atoms with Gasteiger partial charge in [0.2, 0.25) is 0 Å². The zero-order valence-electron chi connectivity index (χ0n) is 14.9. The van der Waals surface area contributed by atoms with Crippen molar-refractivity contribution in [2.45, 2.75) is 18.9 Å². The van der Waals surface area contributed by atoms with Gasteiger partial charge in [-0.2, -0.15) is 0 Å². The fourth-order valence-corrected chi connectivity index (χ4v) is 3.66. The summed E-state index contributed by atoms with van der Waals surface area (Å²) in [7, 11) is 1.45. The summed E-state index contributed by atoms with van der Waals surface area (Å²) in [5, 5.41) is 3.59. The first kappa shape index (κ1) is 19.5. The van der Waals surface area contributed by atoms with Crippen LogP contribution in [0.15, 0.2) is 42.5 Å². The first-order chi connectivity index (χ1) is 13.0. The maximum atomic E-state index is 12.7. The number of carbonyl (C=O) groups excluding carboxylic acids is 2. The van der Waals surface area contributed by atoms with Crippen LogP contribution in [0.4, 0.5) is 0 Å². The Kier molecular flexibility index (Phi) is 6.24. The summed E-state index contributed by atoms with van der Waals surface area (Å²) in [5.41, 5.74) is 0.907. The third kappa shape index (κ3) is 4.37. The maximum absolute atomic E-state index is 12.7. The van der Waals surface area contributed by atoms with E-state index >= 15 is 0 Å². The molecule has 0 saturated carbocycles. The van der Waals surface area contributed by atoms with Crippen LogP contribution in [0.3, 0.4) is 0 Å². The number of methoxy groups -OCH3 is 1. The number of ether oxygens (including phenoxy) is 1. The summed E-state index contributed by atoms with van der Waals surface area (Å²) in [6, 6.07) is 12.3. The van der Waals surface area contributed by atoms with Crippen LogP contribution in [0.25, 0.3) is 0 Å². The number of carbonyl (C=O) groups is 2. The second-order valence-corrected chi connectivity index (χ2v) is 7.16. The van der Waals surface area contributed by atoms with Crippen LogP contribution in [0.1, 0.15) is 33.6 Å². The molecule has 2 aromatic rings. The standard InChI is InChI=1S/C20H20Cl2N2O3/c1-27-18-16(22)8-7-15(21)17(18)19(25)23-14-9-11-24(12-10-14)20(26)13-5-3-2-4-6-13/h2-8,14H,9-12H2,1H3,(H,23,25). The highest BCUT2D eigenvalue weighted by molar-refractivity contribution is 6.37. The quantitative estimate of drug-likeness (QED) is 0.833. The number of halogens is 2. The van der Waals surface area contributed by atoms with Gasteiger partial charge in [-0.15, -0.1) is 0 Å². The normalized spacial score (nSPS) is 14.7. The van der Waals surface area contributed by atoms with Crippen molar-refractivity contribution in [3.8, 4) is 5.75 Å². The fourth-order valence-electron chi connectivity index (χ4n) is 3.19. The van der Waals surface area contributed by atoms with Crippen molar-refractivity contribution < 1.29 is 14.3 Å². The lowest BCUT2D eigenvalue weighted by Crippen LogP contribution is -2.46. The van der Waals surface area contributed by atoms with Crippen molar-refractivity contribution in [1.29, 1.82) is 0 Å². The predicted molar refractivity (Wildman–Crippen MR) is 106 cm³/mol. The topological polar surface area (TPSA) is 58.6 Å². The molecule has 2 aromatic carbocycles. The third-order valence-corrected chi connectivity index (χ3v) is 5.24. The van der Waals surface area contributed by atoms with Gasteiger partial charge in [-0.05, 0) is 37.1 Å². The van der Waals surface area contributed by atoms with Crippen molar-refractivity contribution in [3.05, 3.63) is 63.6 Å². The molecule has 0 spiro atoms. The Morgan fingerprint density at radius 1 is 1.04 bits per heavy atom. The second kappa shape index (κ2) is 8.63. The second-order valence-electron chi connectivity index (χ2n) is 6.34. The van der Waals surface area contributed by atoms with Crippen molar-refractivity contribution in [2.75, 3.05) is 20.2 Å². The molecule has 1 fully saturated rings. The van der Waals surface area contributed by atoms with Crippen LogP contribution in [-0.2, 0) is 0 Å². The van der Waals surface area contributed by atoms with Crippen molar-refractivity contribution in [2.24, 2.45) is 0 Å². The number of amides is 2. The summed E-state index contributed by atoms with van der Waals surface area (Å²) in [6.45, 7) is 1.16. The van der Waals surface area contributed by atoms with E-state index in [-0.39, 0.29) is 34.2 Å². The van der Waals surface area contributed by atoms with Gasteiger partial charge in [0.25, 0.3) is 11.8 Å². The summed E-state index contributed by atoms with van der Waals surface area (Å²) in [5.74, 6) is -0.0505. The highest BCUT2D eigenvalue weighted by atomic mass is 35.5. The molecule has 1 saturated heterocycles. The molecule has 5 nitrogen and oxygen atoms in total. The SMILES string of the molecule is COc1c(Cl)ccc(Cl)c1C(=O)NC1CCN(C(=O)c2ccccc2)CC1. The first-order valence-corrected chi connectivity index (χ1v) is 9.44. The average molecular weight is 407 g/mol. The zero-order chi connectivity index (χ0) is 19.4. The Morgan fingerprint density at radius 3 is 2.30 bits per heavy atom. The monoisotopic (exact) mass is 406 g/mol. The number of likely N-dealkylation sites (tertiary alicyclic amines) is 1. The molecule has 2 amide bonds. The summed E-state index contributed by atoms with van der Waals surface area (Å²) < 4.78 is 5.23. The van der Waals surface area contributed by atoms with Crippen LogP contribution in [0.5, 0.6) is 5.75 Å². The van der Waals surface area contributed by atoms with Gasteiger partial charge in [0.1, 0.15) is 5.56 Å².